The van der Waals surface area contributed by atoms with E-state index < -0.39 is 39.6 Å². The van der Waals surface area contributed by atoms with Gasteiger partial charge in [0.2, 0.25) is 5.43 Å². The number of amides is 2. The van der Waals surface area contributed by atoms with Crippen LogP contribution in [-0.4, -0.2) is 51.7 Å². The molecule has 11 heteroatoms. The summed E-state index contributed by atoms with van der Waals surface area (Å²) in [5.41, 5.74) is -1.00. The number of aromatic nitrogens is 1. The highest BCUT2D eigenvalue weighted by molar-refractivity contribution is 6.30. The van der Waals surface area contributed by atoms with Crippen LogP contribution < -0.4 is 10.7 Å². The van der Waals surface area contributed by atoms with Gasteiger partial charge in [0, 0.05) is 38.0 Å². The van der Waals surface area contributed by atoms with Gasteiger partial charge in [-0.2, -0.15) is 0 Å². The van der Waals surface area contributed by atoms with E-state index in [2.05, 4.69) is 5.32 Å². The molecule has 3 N–H and O–H groups in total. The number of aromatic hydroxyl groups is 1. The van der Waals surface area contributed by atoms with Gasteiger partial charge in [-0.05, 0) is 25.8 Å². The second-order valence-electron chi connectivity index (χ2n) is 7.27. The Labute approximate surface area is 187 Å². The average Bonchev–Trinajstić information content (AvgIpc) is 3.20. The summed E-state index contributed by atoms with van der Waals surface area (Å²) in [5.74, 6) is -3.97. The molecule has 1 aromatic heterocycles. The van der Waals surface area contributed by atoms with Gasteiger partial charge in [0.15, 0.2) is 11.4 Å². The summed E-state index contributed by atoms with van der Waals surface area (Å²) < 4.78 is 29.0. The van der Waals surface area contributed by atoms with E-state index in [-0.39, 0.29) is 29.4 Å². The highest BCUT2D eigenvalue weighted by Crippen LogP contribution is 2.36. The smallest absolute Gasteiger partial charge is 0.274 e. The third-order valence-electron chi connectivity index (χ3n) is 5.65. The lowest BCUT2D eigenvalue weighted by Crippen LogP contribution is -2.44. The number of hydrogen-bond donors (Lipinski definition) is 3. The summed E-state index contributed by atoms with van der Waals surface area (Å²) in [4.78, 5) is 39.7. The predicted octanol–water partition coefficient (Wildman–Crippen LogP) is 1.99. The molecule has 3 heterocycles. The zero-order valence-corrected chi connectivity index (χ0v) is 18.2. The number of benzene rings is 1. The van der Waals surface area contributed by atoms with E-state index in [4.69, 9.17) is 16.7 Å². The van der Waals surface area contributed by atoms with E-state index in [0.717, 1.165) is 19.2 Å². The summed E-state index contributed by atoms with van der Waals surface area (Å²) in [6.45, 7) is 2.34. The molecule has 2 amide bonds. The Kier molecular flexibility index (Phi) is 6.85. The first-order valence-corrected chi connectivity index (χ1v) is 10.3. The van der Waals surface area contributed by atoms with Crippen molar-refractivity contribution in [2.45, 2.75) is 32.4 Å². The number of nitrogens with one attached hydrogen (secondary N) is 1. The average molecular weight is 470 g/mol. The van der Waals surface area contributed by atoms with Crippen LogP contribution in [0.5, 0.6) is 5.75 Å². The van der Waals surface area contributed by atoms with Crippen molar-refractivity contribution >= 4 is 23.4 Å². The van der Waals surface area contributed by atoms with Gasteiger partial charge in [0.25, 0.3) is 11.8 Å². The Morgan fingerprint density at radius 3 is 2.62 bits per heavy atom. The van der Waals surface area contributed by atoms with Crippen molar-refractivity contribution in [2.24, 2.45) is 0 Å². The molecule has 32 heavy (non-hydrogen) atoms. The van der Waals surface area contributed by atoms with Crippen LogP contribution in [0.2, 0.25) is 5.02 Å². The van der Waals surface area contributed by atoms with Crippen molar-refractivity contribution < 1.29 is 28.6 Å². The Hall–Kier alpha value is -2.98. The minimum atomic E-state index is -1.00. The largest absolute Gasteiger partial charge is 0.503 e. The molecule has 0 unspecified atom stereocenters. The second-order valence-corrected chi connectivity index (χ2v) is 7.65. The maximum absolute atomic E-state index is 14.1. The number of pyridine rings is 1. The normalized spacial score (nSPS) is 16.4. The quantitative estimate of drug-likeness (QED) is 0.593. The molecular weight excluding hydrogens is 448 g/mol. The molecule has 0 aliphatic carbocycles. The number of aliphatic hydroxyl groups excluding tert-OH is 1. The zero-order chi connectivity index (χ0) is 23.7. The maximum atomic E-state index is 14.1. The van der Waals surface area contributed by atoms with Crippen molar-refractivity contribution in [1.29, 1.82) is 0 Å². The van der Waals surface area contributed by atoms with E-state index in [1.807, 2.05) is 0 Å². The molecular formula is C21H22ClF2N3O5. The summed E-state index contributed by atoms with van der Waals surface area (Å²) in [6, 6.07) is 1.97. The number of aliphatic hydroxyl groups is 1. The highest BCUT2D eigenvalue weighted by Gasteiger charge is 2.40. The summed E-state index contributed by atoms with van der Waals surface area (Å²) in [5, 5.41) is 19.2. The second kappa shape index (κ2) is 9.25. The van der Waals surface area contributed by atoms with Gasteiger partial charge in [0.1, 0.15) is 22.2 Å². The number of rotatable bonds is 4. The number of carbonyl (C=O) groups excluding carboxylic acids is 2. The molecule has 1 aromatic carbocycles. The van der Waals surface area contributed by atoms with Crippen molar-refractivity contribution in [3.05, 3.63) is 61.5 Å². The zero-order valence-electron chi connectivity index (χ0n) is 17.4. The summed E-state index contributed by atoms with van der Waals surface area (Å²) >= 11 is 5.55. The van der Waals surface area contributed by atoms with Gasteiger partial charge in [0.05, 0.1) is 6.04 Å². The fraction of sp³-hybridized carbons (Fsp3) is 0.381. The maximum Gasteiger partial charge on any atom is 0.274 e. The molecule has 0 spiro atoms. The van der Waals surface area contributed by atoms with Crippen LogP contribution in [0, 0.1) is 11.6 Å². The molecule has 0 saturated heterocycles. The first-order valence-electron chi connectivity index (χ1n) is 9.91. The number of hydrogen-bond acceptors (Lipinski definition) is 5. The number of nitrogens with zero attached hydrogens (tertiary/aromatic N) is 2. The van der Waals surface area contributed by atoms with Crippen LogP contribution in [0.25, 0.3) is 0 Å². The summed E-state index contributed by atoms with van der Waals surface area (Å²) in [7, 11) is 1.00. The molecule has 0 bridgehead atoms. The van der Waals surface area contributed by atoms with E-state index in [0.29, 0.717) is 31.6 Å². The molecule has 2 aliphatic rings. The molecule has 0 saturated carbocycles. The van der Waals surface area contributed by atoms with Crippen LogP contribution in [0.3, 0.4) is 0 Å². The minimum absolute atomic E-state index is 0.0555. The Morgan fingerprint density at radius 1 is 1.28 bits per heavy atom. The standard InChI is InChI=1S/C20H18ClF2N3O4.CH4O/c1-2-25-8-10-4-6-12-13(17(27)18(28)16(20(25)30)26(10)12)19(29)24-7-9-3-5-11(22)14(21)15(9)23;1-2/h3,5,10,28H,2,4,6-8H2,1H3,(H,24,29);2H,1H3/t10-;/m0./s1. The Balaban J connectivity index is 0.00000141. The van der Waals surface area contributed by atoms with Crippen LogP contribution in [0.4, 0.5) is 8.78 Å². The van der Waals surface area contributed by atoms with Gasteiger partial charge >= 0.3 is 0 Å². The molecule has 2 aliphatic heterocycles. The lowest BCUT2D eigenvalue weighted by atomic mass is 10.1. The fourth-order valence-corrected chi connectivity index (χ4v) is 4.33. The van der Waals surface area contributed by atoms with Crippen LogP contribution >= 0.6 is 11.6 Å². The van der Waals surface area contributed by atoms with Crippen LogP contribution in [0.1, 0.15) is 51.5 Å². The van der Waals surface area contributed by atoms with E-state index in [1.165, 1.54) is 0 Å². The molecule has 8 nitrogen and oxygen atoms in total. The molecule has 1 atom stereocenters. The molecule has 0 fully saturated rings. The first kappa shape index (κ1) is 23.7. The topological polar surface area (TPSA) is 112 Å². The van der Waals surface area contributed by atoms with Gasteiger partial charge in [-0.25, -0.2) is 8.78 Å². The lowest BCUT2D eigenvalue weighted by Gasteiger charge is -2.34. The van der Waals surface area contributed by atoms with Crippen molar-refractivity contribution in [3.63, 3.8) is 0 Å². The third-order valence-corrected chi connectivity index (χ3v) is 6.00. The fourth-order valence-electron chi connectivity index (χ4n) is 4.14. The van der Waals surface area contributed by atoms with Crippen LogP contribution in [-0.2, 0) is 13.0 Å². The van der Waals surface area contributed by atoms with Crippen molar-refractivity contribution in [2.75, 3.05) is 20.2 Å². The van der Waals surface area contributed by atoms with Crippen molar-refractivity contribution in [3.8, 4) is 5.75 Å². The molecule has 4 rings (SSSR count). The third kappa shape index (κ3) is 3.73. The van der Waals surface area contributed by atoms with Gasteiger partial charge in [-0.1, -0.05) is 17.7 Å². The lowest BCUT2D eigenvalue weighted by molar-refractivity contribution is 0.0676. The van der Waals surface area contributed by atoms with Gasteiger partial charge < -0.3 is 25.0 Å². The monoisotopic (exact) mass is 469 g/mol. The molecule has 172 valence electrons. The van der Waals surface area contributed by atoms with E-state index in [1.54, 1.807) is 16.4 Å². The molecule has 2 aromatic rings. The van der Waals surface area contributed by atoms with Gasteiger partial charge in [-0.15, -0.1) is 0 Å². The Bertz CT molecular complexity index is 1150. The van der Waals surface area contributed by atoms with Crippen molar-refractivity contribution in [1.82, 2.24) is 14.8 Å². The van der Waals surface area contributed by atoms with E-state index >= 15 is 0 Å². The Morgan fingerprint density at radius 2 is 1.97 bits per heavy atom. The number of halogens is 3. The number of likely N-dealkylation sites (N-methyl/N-ethyl adjacent to an activating group) is 1. The number of carbonyl (C=O) groups is 2. The SMILES string of the molecule is CCN1C[C@@H]2CCc3c(C(=O)NCc4ccc(F)c(Cl)c4F)c(=O)c(O)c(n32)C1=O.CO. The highest BCUT2D eigenvalue weighted by atomic mass is 35.5. The van der Waals surface area contributed by atoms with Gasteiger partial charge in [-0.3, -0.25) is 14.4 Å². The summed E-state index contributed by atoms with van der Waals surface area (Å²) in [6.07, 6.45) is 1.000. The van der Waals surface area contributed by atoms with E-state index in [9.17, 15) is 28.3 Å². The minimum Gasteiger partial charge on any atom is -0.503 e. The van der Waals surface area contributed by atoms with Crippen LogP contribution in [0.15, 0.2) is 16.9 Å². The molecule has 0 radical (unpaired) electrons. The predicted molar refractivity (Wildman–Crippen MR) is 112 cm³/mol. The first-order chi connectivity index (χ1) is 15.3.